The van der Waals surface area contributed by atoms with E-state index in [-0.39, 0.29) is 12.4 Å². The predicted octanol–water partition coefficient (Wildman–Crippen LogP) is 4.57. The number of nitrogens with one attached hydrogen (secondary N) is 1. The number of hydrogen-bond acceptors (Lipinski definition) is 5. The van der Waals surface area contributed by atoms with Crippen LogP contribution in [0.3, 0.4) is 0 Å². The van der Waals surface area contributed by atoms with Crippen LogP contribution in [-0.2, 0) is 13.0 Å². The van der Waals surface area contributed by atoms with Crippen LogP contribution in [0, 0.1) is 0 Å². The second-order valence-corrected chi connectivity index (χ2v) is 6.97. The number of hydrogen-bond donors (Lipinski definition) is 2. The third kappa shape index (κ3) is 7.17. The van der Waals surface area contributed by atoms with E-state index in [2.05, 4.69) is 5.32 Å². The van der Waals surface area contributed by atoms with Gasteiger partial charge in [-0.15, -0.1) is 12.4 Å². The van der Waals surface area contributed by atoms with Crippen molar-refractivity contribution in [3.05, 3.63) is 89.5 Å². The van der Waals surface area contributed by atoms with Crippen molar-refractivity contribution in [2.45, 2.75) is 19.1 Å². The fraction of sp³-hybridized carbons (Fsp3) is 0.280. The van der Waals surface area contributed by atoms with Crippen LogP contribution in [0.4, 0.5) is 0 Å². The molecule has 0 spiro atoms. The molecule has 1 unspecified atom stereocenters. The molecule has 3 aromatic carbocycles. The van der Waals surface area contributed by atoms with Gasteiger partial charge in [-0.2, -0.15) is 0 Å². The molecule has 0 aliphatic heterocycles. The minimum Gasteiger partial charge on any atom is -0.493 e. The average molecular weight is 444 g/mol. The van der Waals surface area contributed by atoms with Gasteiger partial charge in [-0.25, -0.2) is 0 Å². The zero-order chi connectivity index (χ0) is 21.2. The number of benzene rings is 3. The molecule has 2 N–H and O–H groups in total. The molecule has 166 valence electrons. The minimum atomic E-state index is -0.651. The lowest BCUT2D eigenvalue weighted by Crippen LogP contribution is -2.24. The summed E-state index contributed by atoms with van der Waals surface area (Å²) in [5, 5.41) is 14.0. The molecule has 0 saturated heterocycles. The molecular formula is C25H30ClNO4. The van der Waals surface area contributed by atoms with Crippen molar-refractivity contribution >= 4 is 12.4 Å². The first kappa shape index (κ1) is 24.5. The molecule has 0 aliphatic carbocycles. The number of ether oxygens (including phenoxy) is 3. The topological polar surface area (TPSA) is 60.0 Å². The highest BCUT2D eigenvalue weighted by atomic mass is 35.5. The quantitative estimate of drug-likeness (QED) is 0.425. The minimum absolute atomic E-state index is 0. The van der Waals surface area contributed by atoms with Crippen molar-refractivity contribution in [1.82, 2.24) is 5.32 Å². The largest absolute Gasteiger partial charge is 0.493 e. The molecule has 0 radical (unpaired) electrons. The number of halogens is 1. The van der Waals surface area contributed by atoms with E-state index < -0.39 is 6.10 Å². The lowest BCUT2D eigenvalue weighted by atomic mass is 10.1. The highest BCUT2D eigenvalue weighted by molar-refractivity contribution is 5.85. The molecule has 31 heavy (non-hydrogen) atoms. The first-order valence-corrected chi connectivity index (χ1v) is 10.1. The Labute approximate surface area is 190 Å². The van der Waals surface area contributed by atoms with Gasteiger partial charge >= 0.3 is 0 Å². The predicted molar refractivity (Wildman–Crippen MR) is 126 cm³/mol. The number of aliphatic hydroxyl groups excluding tert-OH is 1. The SMILES string of the molecule is COc1ccc(CCNCC(O)c2ccccc2OCc2ccccc2)cc1OC.Cl. The Morgan fingerprint density at radius 3 is 2.26 bits per heavy atom. The molecule has 3 aromatic rings. The zero-order valence-electron chi connectivity index (χ0n) is 17.9. The second kappa shape index (κ2) is 12.8. The van der Waals surface area contributed by atoms with Gasteiger partial charge in [0.2, 0.25) is 0 Å². The second-order valence-electron chi connectivity index (χ2n) is 6.97. The summed E-state index contributed by atoms with van der Waals surface area (Å²) in [5.41, 5.74) is 3.02. The Kier molecular flexibility index (Phi) is 10.2. The Morgan fingerprint density at radius 2 is 1.52 bits per heavy atom. The summed E-state index contributed by atoms with van der Waals surface area (Å²) in [6.45, 7) is 1.65. The summed E-state index contributed by atoms with van der Waals surface area (Å²) in [6.07, 6.45) is 0.168. The van der Waals surface area contributed by atoms with Crippen molar-refractivity contribution in [3.63, 3.8) is 0 Å². The summed E-state index contributed by atoms with van der Waals surface area (Å²) < 4.78 is 16.6. The number of para-hydroxylation sites is 1. The third-order valence-corrected chi connectivity index (χ3v) is 4.89. The van der Waals surface area contributed by atoms with Gasteiger partial charge < -0.3 is 24.6 Å². The molecule has 6 heteroatoms. The summed E-state index contributed by atoms with van der Waals surface area (Å²) in [7, 11) is 3.26. The molecule has 0 amide bonds. The van der Waals surface area contributed by atoms with Crippen molar-refractivity contribution in [2.24, 2.45) is 0 Å². The van der Waals surface area contributed by atoms with E-state index in [1.54, 1.807) is 14.2 Å². The maximum absolute atomic E-state index is 10.7. The molecule has 1 atom stereocenters. The van der Waals surface area contributed by atoms with Gasteiger partial charge in [-0.05, 0) is 42.3 Å². The molecule has 3 rings (SSSR count). The molecule has 0 fully saturated rings. The van der Waals surface area contributed by atoms with Crippen LogP contribution in [0.5, 0.6) is 17.2 Å². The lowest BCUT2D eigenvalue weighted by Gasteiger charge is -2.17. The van der Waals surface area contributed by atoms with Gasteiger partial charge in [0.05, 0.1) is 20.3 Å². The zero-order valence-corrected chi connectivity index (χ0v) is 18.7. The Morgan fingerprint density at radius 1 is 0.806 bits per heavy atom. The van der Waals surface area contributed by atoms with Crippen LogP contribution < -0.4 is 19.5 Å². The van der Waals surface area contributed by atoms with Crippen molar-refractivity contribution in [2.75, 3.05) is 27.3 Å². The van der Waals surface area contributed by atoms with Crippen LogP contribution in [0.2, 0.25) is 0 Å². The van der Waals surface area contributed by atoms with E-state index in [4.69, 9.17) is 14.2 Å². The van der Waals surface area contributed by atoms with E-state index in [1.165, 1.54) is 0 Å². The standard InChI is InChI=1S/C25H29NO4.ClH/c1-28-24-13-12-19(16-25(24)29-2)14-15-26-17-22(27)21-10-6-7-11-23(21)30-18-20-8-4-3-5-9-20;/h3-13,16,22,26-27H,14-15,17-18H2,1-2H3;1H. The summed E-state index contributed by atoms with van der Waals surface area (Å²) in [4.78, 5) is 0. The number of aliphatic hydroxyl groups is 1. The van der Waals surface area contributed by atoms with Crippen LogP contribution in [0.25, 0.3) is 0 Å². The highest BCUT2D eigenvalue weighted by Crippen LogP contribution is 2.28. The monoisotopic (exact) mass is 443 g/mol. The smallest absolute Gasteiger partial charge is 0.160 e. The molecule has 0 aliphatic rings. The fourth-order valence-electron chi connectivity index (χ4n) is 3.24. The maximum Gasteiger partial charge on any atom is 0.160 e. The molecule has 0 aromatic heterocycles. The Balaban J connectivity index is 0.00000341. The van der Waals surface area contributed by atoms with Crippen LogP contribution in [0.1, 0.15) is 22.8 Å². The van der Waals surface area contributed by atoms with Crippen LogP contribution >= 0.6 is 12.4 Å². The lowest BCUT2D eigenvalue weighted by molar-refractivity contribution is 0.168. The van der Waals surface area contributed by atoms with Crippen molar-refractivity contribution in [1.29, 1.82) is 0 Å². The summed E-state index contributed by atoms with van der Waals surface area (Å²) in [5.74, 6) is 2.15. The van der Waals surface area contributed by atoms with Gasteiger partial charge in [0.1, 0.15) is 12.4 Å². The van der Waals surface area contributed by atoms with Crippen molar-refractivity contribution in [3.8, 4) is 17.2 Å². The highest BCUT2D eigenvalue weighted by Gasteiger charge is 2.13. The number of methoxy groups -OCH3 is 2. The van der Waals surface area contributed by atoms with E-state index >= 15 is 0 Å². The molecule has 0 heterocycles. The first-order valence-electron chi connectivity index (χ1n) is 10.1. The molecule has 5 nitrogen and oxygen atoms in total. The Hall–Kier alpha value is -2.73. The Bertz CT molecular complexity index is 920. The molecule has 0 saturated carbocycles. The maximum atomic E-state index is 10.7. The van der Waals surface area contributed by atoms with Crippen LogP contribution in [0.15, 0.2) is 72.8 Å². The van der Waals surface area contributed by atoms with Crippen molar-refractivity contribution < 1.29 is 19.3 Å². The fourth-order valence-corrected chi connectivity index (χ4v) is 3.24. The normalized spacial score (nSPS) is 11.3. The van der Waals surface area contributed by atoms with E-state index in [1.807, 2.05) is 72.8 Å². The van der Waals surface area contributed by atoms with E-state index in [0.717, 1.165) is 41.2 Å². The molecular weight excluding hydrogens is 414 g/mol. The third-order valence-electron chi connectivity index (χ3n) is 4.89. The summed E-state index contributed by atoms with van der Waals surface area (Å²) in [6, 6.07) is 23.5. The number of rotatable bonds is 11. The average Bonchev–Trinajstić information content (AvgIpc) is 2.81. The van der Waals surface area contributed by atoms with E-state index in [0.29, 0.717) is 18.9 Å². The van der Waals surface area contributed by atoms with Gasteiger partial charge in [-0.1, -0.05) is 54.6 Å². The van der Waals surface area contributed by atoms with E-state index in [9.17, 15) is 5.11 Å². The first-order chi connectivity index (χ1) is 14.7. The van der Waals surface area contributed by atoms with Gasteiger partial charge in [-0.3, -0.25) is 0 Å². The van der Waals surface area contributed by atoms with Crippen LogP contribution in [-0.4, -0.2) is 32.4 Å². The van der Waals surface area contributed by atoms with Gasteiger partial charge in [0, 0.05) is 12.1 Å². The van der Waals surface area contributed by atoms with Gasteiger partial charge in [0.15, 0.2) is 11.5 Å². The van der Waals surface area contributed by atoms with Gasteiger partial charge in [0.25, 0.3) is 0 Å². The molecule has 0 bridgehead atoms. The summed E-state index contributed by atoms with van der Waals surface area (Å²) >= 11 is 0.